The van der Waals surface area contributed by atoms with Gasteiger partial charge in [-0.1, -0.05) is 25.1 Å². The van der Waals surface area contributed by atoms with E-state index in [-0.39, 0.29) is 5.60 Å². The molecule has 2 aliphatic rings. The van der Waals surface area contributed by atoms with Crippen molar-refractivity contribution in [1.82, 2.24) is 5.32 Å². The second-order valence-electron chi connectivity index (χ2n) is 6.60. The smallest absolute Gasteiger partial charge is 0.124 e. The number of hydrogen-bond acceptors (Lipinski definition) is 2. The molecule has 1 aliphatic heterocycles. The van der Waals surface area contributed by atoms with Crippen molar-refractivity contribution in [3.63, 3.8) is 0 Å². The lowest BCUT2D eigenvalue weighted by atomic mass is 9.80. The SMILES string of the molecule is CC1CC(NC2CC(C)(C)Oc3ccccc32)C1. The van der Waals surface area contributed by atoms with Crippen molar-refractivity contribution in [3.05, 3.63) is 29.8 Å². The Bertz CT molecular complexity index is 434. The summed E-state index contributed by atoms with van der Waals surface area (Å²) < 4.78 is 6.06. The number of hydrogen-bond donors (Lipinski definition) is 1. The van der Waals surface area contributed by atoms with E-state index >= 15 is 0 Å². The first-order valence-corrected chi connectivity index (χ1v) is 7.07. The molecule has 0 radical (unpaired) electrons. The largest absolute Gasteiger partial charge is 0.487 e. The van der Waals surface area contributed by atoms with Gasteiger partial charge in [-0.15, -0.1) is 0 Å². The van der Waals surface area contributed by atoms with Crippen LogP contribution < -0.4 is 10.1 Å². The molecule has 0 aromatic heterocycles. The molecular weight excluding hydrogens is 222 g/mol. The lowest BCUT2D eigenvalue weighted by Crippen LogP contribution is -2.46. The van der Waals surface area contributed by atoms with Gasteiger partial charge in [0, 0.05) is 24.1 Å². The van der Waals surface area contributed by atoms with Gasteiger partial charge in [-0.05, 0) is 38.7 Å². The van der Waals surface area contributed by atoms with Gasteiger partial charge in [0.25, 0.3) is 0 Å². The quantitative estimate of drug-likeness (QED) is 0.858. The summed E-state index contributed by atoms with van der Waals surface area (Å²) >= 11 is 0. The average molecular weight is 245 g/mol. The Kier molecular flexibility index (Phi) is 2.86. The molecule has 18 heavy (non-hydrogen) atoms. The summed E-state index contributed by atoms with van der Waals surface area (Å²) in [5.74, 6) is 1.95. The second-order valence-corrected chi connectivity index (χ2v) is 6.60. The van der Waals surface area contributed by atoms with Gasteiger partial charge < -0.3 is 10.1 Å². The lowest BCUT2D eigenvalue weighted by molar-refractivity contribution is 0.0581. The van der Waals surface area contributed by atoms with E-state index < -0.39 is 0 Å². The first kappa shape index (κ1) is 12.0. The summed E-state index contributed by atoms with van der Waals surface area (Å²) in [6, 6.07) is 9.61. The maximum Gasteiger partial charge on any atom is 0.124 e. The predicted octanol–water partition coefficient (Wildman–Crippen LogP) is 3.68. The molecule has 1 heterocycles. The van der Waals surface area contributed by atoms with Crippen LogP contribution >= 0.6 is 0 Å². The molecule has 1 fully saturated rings. The normalized spacial score (nSPS) is 33.2. The molecule has 1 unspecified atom stereocenters. The Morgan fingerprint density at radius 2 is 1.94 bits per heavy atom. The number of benzene rings is 1. The van der Waals surface area contributed by atoms with Gasteiger partial charge in [0.2, 0.25) is 0 Å². The molecular formula is C16H23NO. The summed E-state index contributed by atoms with van der Waals surface area (Å²) in [7, 11) is 0. The molecule has 2 nitrogen and oxygen atoms in total. The molecule has 0 spiro atoms. The van der Waals surface area contributed by atoms with Gasteiger partial charge in [0.05, 0.1) is 0 Å². The number of rotatable bonds is 2. The predicted molar refractivity (Wildman–Crippen MR) is 73.8 cm³/mol. The van der Waals surface area contributed by atoms with Crippen LogP contribution in [0.25, 0.3) is 0 Å². The summed E-state index contributed by atoms with van der Waals surface area (Å²) in [6.45, 7) is 6.70. The Morgan fingerprint density at radius 3 is 2.67 bits per heavy atom. The highest BCUT2D eigenvalue weighted by molar-refractivity contribution is 5.38. The van der Waals surface area contributed by atoms with Crippen LogP contribution in [0, 0.1) is 5.92 Å². The fourth-order valence-corrected chi connectivity index (χ4v) is 3.27. The molecule has 1 saturated carbocycles. The van der Waals surface area contributed by atoms with Crippen LogP contribution in [-0.4, -0.2) is 11.6 Å². The van der Waals surface area contributed by atoms with E-state index in [1.54, 1.807) is 0 Å². The van der Waals surface area contributed by atoms with Crippen molar-refractivity contribution in [1.29, 1.82) is 0 Å². The molecule has 98 valence electrons. The molecule has 0 bridgehead atoms. The van der Waals surface area contributed by atoms with E-state index in [9.17, 15) is 0 Å². The summed E-state index contributed by atoms with van der Waals surface area (Å²) in [5.41, 5.74) is 1.26. The molecule has 3 rings (SSSR count). The van der Waals surface area contributed by atoms with Crippen molar-refractivity contribution in [2.75, 3.05) is 0 Å². The Labute approximate surface area is 110 Å². The molecule has 1 N–H and O–H groups in total. The van der Waals surface area contributed by atoms with Crippen LogP contribution in [0.4, 0.5) is 0 Å². The topological polar surface area (TPSA) is 21.3 Å². The molecule has 2 heteroatoms. The van der Waals surface area contributed by atoms with Crippen LogP contribution in [0.5, 0.6) is 5.75 Å². The van der Waals surface area contributed by atoms with Crippen LogP contribution in [0.3, 0.4) is 0 Å². The third-order valence-electron chi connectivity index (χ3n) is 4.19. The first-order chi connectivity index (χ1) is 8.53. The van der Waals surface area contributed by atoms with Crippen LogP contribution in [-0.2, 0) is 0 Å². The summed E-state index contributed by atoms with van der Waals surface area (Å²) in [4.78, 5) is 0. The maximum atomic E-state index is 6.06. The van der Waals surface area contributed by atoms with E-state index in [0.29, 0.717) is 12.1 Å². The van der Waals surface area contributed by atoms with Crippen molar-refractivity contribution in [3.8, 4) is 5.75 Å². The van der Waals surface area contributed by atoms with Gasteiger partial charge in [-0.3, -0.25) is 0 Å². The van der Waals surface area contributed by atoms with Crippen molar-refractivity contribution in [2.45, 2.75) is 57.7 Å². The minimum Gasteiger partial charge on any atom is -0.487 e. The highest BCUT2D eigenvalue weighted by Crippen LogP contribution is 2.40. The zero-order valence-corrected chi connectivity index (χ0v) is 11.6. The van der Waals surface area contributed by atoms with Crippen LogP contribution in [0.2, 0.25) is 0 Å². The van der Waals surface area contributed by atoms with Crippen LogP contribution in [0.1, 0.15) is 51.6 Å². The Morgan fingerprint density at radius 1 is 1.22 bits per heavy atom. The second kappa shape index (κ2) is 4.27. The number of para-hydroxylation sites is 1. The van der Waals surface area contributed by atoms with Crippen molar-refractivity contribution >= 4 is 0 Å². The Balaban J connectivity index is 1.80. The molecule has 1 aromatic carbocycles. The number of nitrogens with one attached hydrogen (secondary N) is 1. The van der Waals surface area contributed by atoms with Gasteiger partial charge in [-0.2, -0.15) is 0 Å². The van der Waals surface area contributed by atoms with E-state index in [1.807, 2.05) is 0 Å². The minimum atomic E-state index is -0.0681. The van der Waals surface area contributed by atoms with Gasteiger partial charge in [0.15, 0.2) is 0 Å². The lowest BCUT2D eigenvalue weighted by Gasteiger charge is -2.42. The molecule has 1 aliphatic carbocycles. The monoisotopic (exact) mass is 245 g/mol. The highest BCUT2D eigenvalue weighted by atomic mass is 16.5. The third-order valence-corrected chi connectivity index (χ3v) is 4.19. The van der Waals surface area contributed by atoms with Gasteiger partial charge in [0.1, 0.15) is 11.4 Å². The maximum absolute atomic E-state index is 6.06. The molecule has 0 saturated heterocycles. The van der Waals surface area contributed by atoms with Gasteiger partial charge >= 0.3 is 0 Å². The molecule has 1 atom stereocenters. The van der Waals surface area contributed by atoms with E-state index in [0.717, 1.165) is 18.1 Å². The van der Waals surface area contributed by atoms with E-state index in [2.05, 4.69) is 50.4 Å². The number of ether oxygens (including phenoxy) is 1. The van der Waals surface area contributed by atoms with Crippen LogP contribution in [0.15, 0.2) is 24.3 Å². The average Bonchev–Trinajstić information content (AvgIpc) is 2.25. The minimum absolute atomic E-state index is 0.0681. The molecule has 1 aromatic rings. The first-order valence-electron chi connectivity index (χ1n) is 7.07. The summed E-state index contributed by atoms with van der Waals surface area (Å²) in [6.07, 6.45) is 3.69. The highest BCUT2D eigenvalue weighted by Gasteiger charge is 2.36. The fourth-order valence-electron chi connectivity index (χ4n) is 3.27. The van der Waals surface area contributed by atoms with E-state index in [1.165, 1.54) is 18.4 Å². The fraction of sp³-hybridized carbons (Fsp3) is 0.625. The third kappa shape index (κ3) is 2.26. The van der Waals surface area contributed by atoms with Crippen molar-refractivity contribution in [2.24, 2.45) is 5.92 Å². The number of fused-ring (bicyclic) bond motifs is 1. The Hall–Kier alpha value is -1.02. The van der Waals surface area contributed by atoms with Crippen molar-refractivity contribution < 1.29 is 4.74 Å². The standard InChI is InChI=1S/C16H23NO/c1-11-8-12(9-11)17-14-10-16(2,3)18-15-7-5-4-6-13(14)15/h4-7,11-12,14,17H,8-10H2,1-3H3. The zero-order chi connectivity index (χ0) is 12.8. The molecule has 0 amide bonds. The summed E-state index contributed by atoms with van der Waals surface area (Å²) in [5, 5.41) is 3.82. The zero-order valence-electron chi connectivity index (χ0n) is 11.6. The van der Waals surface area contributed by atoms with Gasteiger partial charge in [-0.25, -0.2) is 0 Å². The van der Waals surface area contributed by atoms with E-state index in [4.69, 9.17) is 4.74 Å².